The van der Waals surface area contributed by atoms with Crippen molar-refractivity contribution in [1.82, 2.24) is 0 Å². The van der Waals surface area contributed by atoms with Gasteiger partial charge in [-0.1, -0.05) is 23.8 Å². The Balaban J connectivity index is 1.99. The van der Waals surface area contributed by atoms with Gasteiger partial charge in [0.25, 0.3) is 0 Å². The van der Waals surface area contributed by atoms with Crippen LogP contribution in [0.1, 0.15) is 24.8 Å². The molecule has 2 rings (SSSR count). The minimum atomic E-state index is 0.284. The molecule has 74 valence electrons. The second-order valence-electron chi connectivity index (χ2n) is 3.83. The first-order chi connectivity index (χ1) is 6.84. The quantitative estimate of drug-likeness (QED) is 0.645. The standard InChI is InChI=1S/C13H16O/c1-11-7-9-13(10-8-11)14-12-5-3-2-4-6-12/h3,5,7-10,12H,2,4,6H2,1H3. The maximum Gasteiger partial charge on any atom is 0.120 e. The molecule has 1 nitrogen and oxygen atoms in total. The van der Waals surface area contributed by atoms with Crippen molar-refractivity contribution in [3.8, 4) is 5.75 Å². The second-order valence-corrected chi connectivity index (χ2v) is 3.83. The van der Waals surface area contributed by atoms with E-state index in [9.17, 15) is 0 Å². The summed E-state index contributed by atoms with van der Waals surface area (Å²) in [5.74, 6) is 0.979. The van der Waals surface area contributed by atoms with E-state index in [0.29, 0.717) is 0 Å². The maximum atomic E-state index is 5.82. The van der Waals surface area contributed by atoms with Crippen LogP contribution in [0.5, 0.6) is 5.75 Å². The predicted octanol–water partition coefficient (Wildman–Crippen LogP) is 3.48. The zero-order valence-corrected chi connectivity index (χ0v) is 8.57. The summed E-state index contributed by atoms with van der Waals surface area (Å²) in [5.41, 5.74) is 1.27. The zero-order chi connectivity index (χ0) is 9.80. The Labute approximate surface area is 85.4 Å². The van der Waals surface area contributed by atoms with E-state index in [1.54, 1.807) is 0 Å². The molecule has 0 N–H and O–H groups in total. The zero-order valence-electron chi connectivity index (χ0n) is 8.57. The Bertz CT molecular complexity index is 311. The Morgan fingerprint density at radius 3 is 2.64 bits per heavy atom. The van der Waals surface area contributed by atoms with Crippen molar-refractivity contribution in [1.29, 1.82) is 0 Å². The molecule has 0 heterocycles. The predicted molar refractivity (Wildman–Crippen MR) is 58.6 cm³/mol. The van der Waals surface area contributed by atoms with E-state index in [0.717, 1.165) is 12.2 Å². The molecule has 0 radical (unpaired) electrons. The lowest BCUT2D eigenvalue weighted by molar-refractivity contribution is 0.230. The van der Waals surface area contributed by atoms with Gasteiger partial charge in [-0.05, 0) is 44.4 Å². The van der Waals surface area contributed by atoms with Crippen molar-refractivity contribution in [2.24, 2.45) is 0 Å². The number of ether oxygens (including phenoxy) is 1. The van der Waals surface area contributed by atoms with E-state index in [2.05, 4.69) is 31.2 Å². The van der Waals surface area contributed by atoms with E-state index in [4.69, 9.17) is 4.74 Å². The smallest absolute Gasteiger partial charge is 0.120 e. The monoisotopic (exact) mass is 188 g/mol. The van der Waals surface area contributed by atoms with Crippen LogP contribution >= 0.6 is 0 Å². The van der Waals surface area contributed by atoms with Gasteiger partial charge in [-0.3, -0.25) is 0 Å². The molecule has 1 unspecified atom stereocenters. The molecule has 1 atom stereocenters. The largest absolute Gasteiger partial charge is 0.486 e. The third kappa shape index (κ3) is 2.38. The van der Waals surface area contributed by atoms with Crippen LogP contribution in [-0.4, -0.2) is 6.10 Å². The Morgan fingerprint density at radius 2 is 2.00 bits per heavy atom. The summed E-state index contributed by atoms with van der Waals surface area (Å²) >= 11 is 0. The second kappa shape index (κ2) is 4.32. The van der Waals surface area contributed by atoms with Crippen LogP contribution in [0.25, 0.3) is 0 Å². The molecular weight excluding hydrogens is 172 g/mol. The van der Waals surface area contributed by atoms with Crippen molar-refractivity contribution in [2.75, 3.05) is 0 Å². The summed E-state index contributed by atoms with van der Waals surface area (Å²) in [5, 5.41) is 0. The van der Waals surface area contributed by atoms with Gasteiger partial charge in [0.2, 0.25) is 0 Å². The first-order valence-electron chi connectivity index (χ1n) is 5.24. The minimum Gasteiger partial charge on any atom is -0.486 e. The molecule has 1 heteroatoms. The highest BCUT2D eigenvalue weighted by molar-refractivity contribution is 5.26. The van der Waals surface area contributed by atoms with E-state index >= 15 is 0 Å². The fraction of sp³-hybridized carbons (Fsp3) is 0.385. The average Bonchev–Trinajstić information content (AvgIpc) is 2.23. The molecule has 0 aromatic heterocycles. The van der Waals surface area contributed by atoms with Crippen molar-refractivity contribution < 1.29 is 4.74 Å². The lowest BCUT2D eigenvalue weighted by Crippen LogP contribution is -2.15. The molecule has 0 saturated heterocycles. The molecule has 0 spiro atoms. The molecule has 0 amide bonds. The van der Waals surface area contributed by atoms with Crippen molar-refractivity contribution in [3.63, 3.8) is 0 Å². The normalized spacial score (nSPS) is 20.8. The van der Waals surface area contributed by atoms with Gasteiger partial charge in [-0.15, -0.1) is 0 Å². The SMILES string of the molecule is Cc1ccc(OC2C=CCCC2)cc1. The first-order valence-corrected chi connectivity index (χ1v) is 5.24. The lowest BCUT2D eigenvalue weighted by Gasteiger charge is -2.18. The maximum absolute atomic E-state index is 5.82. The van der Waals surface area contributed by atoms with Crippen LogP contribution in [0.4, 0.5) is 0 Å². The van der Waals surface area contributed by atoms with E-state index < -0.39 is 0 Å². The molecule has 1 aliphatic carbocycles. The topological polar surface area (TPSA) is 9.23 Å². The van der Waals surface area contributed by atoms with Crippen molar-refractivity contribution in [2.45, 2.75) is 32.3 Å². The third-order valence-corrected chi connectivity index (χ3v) is 2.52. The highest BCUT2D eigenvalue weighted by Crippen LogP contribution is 2.19. The van der Waals surface area contributed by atoms with Gasteiger partial charge in [-0.25, -0.2) is 0 Å². The highest BCUT2D eigenvalue weighted by Gasteiger charge is 2.09. The minimum absolute atomic E-state index is 0.284. The van der Waals surface area contributed by atoms with Gasteiger partial charge in [0.1, 0.15) is 11.9 Å². The Hall–Kier alpha value is -1.24. The molecule has 1 aliphatic rings. The summed E-state index contributed by atoms with van der Waals surface area (Å²) in [4.78, 5) is 0. The Kier molecular flexibility index (Phi) is 2.87. The van der Waals surface area contributed by atoms with Gasteiger partial charge in [0.15, 0.2) is 0 Å². The summed E-state index contributed by atoms with van der Waals surface area (Å²) < 4.78 is 5.82. The van der Waals surface area contributed by atoms with Crippen molar-refractivity contribution >= 4 is 0 Å². The lowest BCUT2D eigenvalue weighted by atomic mass is 10.1. The number of aryl methyl sites for hydroxylation is 1. The number of allylic oxidation sites excluding steroid dienone is 1. The number of rotatable bonds is 2. The van der Waals surface area contributed by atoms with E-state index in [1.165, 1.54) is 18.4 Å². The van der Waals surface area contributed by atoms with Crippen LogP contribution in [0, 0.1) is 6.92 Å². The molecule has 0 fully saturated rings. The highest BCUT2D eigenvalue weighted by atomic mass is 16.5. The fourth-order valence-corrected chi connectivity index (χ4v) is 1.67. The van der Waals surface area contributed by atoms with Crippen LogP contribution in [0.3, 0.4) is 0 Å². The number of hydrogen-bond acceptors (Lipinski definition) is 1. The first kappa shape index (κ1) is 9.32. The third-order valence-electron chi connectivity index (χ3n) is 2.52. The van der Waals surface area contributed by atoms with Crippen LogP contribution in [0.2, 0.25) is 0 Å². The summed E-state index contributed by atoms with van der Waals surface area (Å²) in [6.07, 6.45) is 8.25. The summed E-state index contributed by atoms with van der Waals surface area (Å²) in [6, 6.07) is 8.25. The summed E-state index contributed by atoms with van der Waals surface area (Å²) in [6.45, 7) is 2.09. The van der Waals surface area contributed by atoms with E-state index in [1.807, 2.05) is 12.1 Å². The van der Waals surface area contributed by atoms with Gasteiger partial charge in [0.05, 0.1) is 0 Å². The van der Waals surface area contributed by atoms with Gasteiger partial charge < -0.3 is 4.74 Å². The van der Waals surface area contributed by atoms with Crippen molar-refractivity contribution in [3.05, 3.63) is 42.0 Å². The number of hydrogen-bond donors (Lipinski definition) is 0. The van der Waals surface area contributed by atoms with Crippen LogP contribution in [0.15, 0.2) is 36.4 Å². The molecule has 0 aliphatic heterocycles. The molecule has 1 aromatic rings. The molecule has 14 heavy (non-hydrogen) atoms. The Morgan fingerprint density at radius 1 is 1.21 bits per heavy atom. The van der Waals surface area contributed by atoms with E-state index in [-0.39, 0.29) is 6.10 Å². The number of benzene rings is 1. The van der Waals surface area contributed by atoms with Crippen LogP contribution < -0.4 is 4.74 Å². The summed E-state index contributed by atoms with van der Waals surface area (Å²) in [7, 11) is 0. The molecule has 0 saturated carbocycles. The fourth-order valence-electron chi connectivity index (χ4n) is 1.67. The van der Waals surface area contributed by atoms with Gasteiger partial charge in [-0.2, -0.15) is 0 Å². The molecular formula is C13H16O. The van der Waals surface area contributed by atoms with Gasteiger partial charge in [0, 0.05) is 0 Å². The molecule has 0 bridgehead atoms. The van der Waals surface area contributed by atoms with Gasteiger partial charge >= 0.3 is 0 Å². The average molecular weight is 188 g/mol. The van der Waals surface area contributed by atoms with Crippen LogP contribution in [-0.2, 0) is 0 Å². The molecule has 1 aromatic carbocycles.